The Morgan fingerprint density at radius 3 is 2.15 bits per heavy atom. The number of fused-ring (bicyclic) bond motifs is 5. The third-order valence-electron chi connectivity index (χ3n) is 9.36. The van der Waals surface area contributed by atoms with Crippen LogP contribution in [0.2, 0.25) is 0 Å². The van der Waals surface area contributed by atoms with E-state index in [1.165, 1.54) is 6.08 Å². The van der Waals surface area contributed by atoms with Crippen molar-refractivity contribution < 1.29 is 58.6 Å². The summed E-state index contributed by atoms with van der Waals surface area (Å²) >= 11 is 4.72. The second kappa shape index (κ2) is 9.30. The highest BCUT2D eigenvalue weighted by molar-refractivity contribution is 6.31. The standard InChI is InChI=1S/C25H26ClF9O4/c1-20-9-7-13(38-19(37)23(26,29)30)11-12(20)3-4-14-15-5-6-17(21(15,2)10-8-16(14)20)39-18(36)22(27,28)24(31,32)25(33,34)35/h3,11,14-17H,4-10H2,1-2H3/t14-,15-,16-,17?,20-,21-/m0/s1. The van der Waals surface area contributed by atoms with Gasteiger partial charge in [0.1, 0.15) is 11.9 Å². The van der Waals surface area contributed by atoms with Crippen LogP contribution in [0.5, 0.6) is 0 Å². The molecule has 0 aromatic carbocycles. The number of halogens is 10. The van der Waals surface area contributed by atoms with Gasteiger partial charge in [0.2, 0.25) is 0 Å². The molecule has 0 aliphatic heterocycles. The van der Waals surface area contributed by atoms with Gasteiger partial charge in [0.05, 0.1) is 0 Å². The minimum Gasteiger partial charge on any atom is -0.457 e. The van der Waals surface area contributed by atoms with Gasteiger partial charge in [-0.3, -0.25) is 0 Å². The molecule has 0 saturated heterocycles. The highest BCUT2D eigenvalue weighted by Crippen LogP contribution is 2.65. The molecule has 4 aliphatic carbocycles. The average molecular weight is 597 g/mol. The number of rotatable bonds is 5. The fourth-order valence-corrected chi connectivity index (χ4v) is 7.25. The Labute approximate surface area is 222 Å². The Bertz CT molecular complexity index is 1100. The number of carbonyl (C=O) groups excluding carboxylic acids is 2. The zero-order chi connectivity index (χ0) is 29.4. The maximum Gasteiger partial charge on any atom is 0.460 e. The summed E-state index contributed by atoms with van der Waals surface area (Å²) < 4.78 is 128. The van der Waals surface area contributed by atoms with Crippen molar-refractivity contribution in [1.82, 2.24) is 0 Å². The van der Waals surface area contributed by atoms with Gasteiger partial charge < -0.3 is 9.47 Å². The summed E-state index contributed by atoms with van der Waals surface area (Å²) in [7, 11) is 0. The van der Waals surface area contributed by atoms with E-state index in [4.69, 9.17) is 21.1 Å². The fraction of sp³-hybridized carbons (Fsp3) is 0.760. The van der Waals surface area contributed by atoms with Gasteiger partial charge in [-0.15, -0.1) is 0 Å². The Morgan fingerprint density at radius 2 is 1.56 bits per heavy atom. The first-order chi connectivity index (χ1) is 17.7. The van der Waals surface area contributed by atoms with Crippen LogP contribution in [0.25, 0.3) is 0 Å². The number of hydrogen-bond donors (Lipinski definition) is 0. The monoisotopic (exact) mass is 596 g/mol. The average Bonchev–Trinajstić information content (AvgIpc) is 3.13. The Balaban J connectivity index is 1.52. The summed E-state index contributed by atoms with van der Waals surface area (Å²) in [6.07, 6.45) is -2.12. The van der Waals surface area contributed by atoms with E-state index in [1.54, 1.807) is 6.92 Å². The van der Waals surface area contributed by atoms with Gasteiger partial charge in [0.25, 0.3) is 0 Å². The molecule has 4 rings (SSSR count). The molecule has 0 bridgehead atoms. The van der Waals surface area contributed by atoms with Crippen molar-refractivity contribution >= 4 is 23.5 Å². The molecule has 0 N–H and O–H groups in total. The summed E-state index contributed by atoms with van der Waals surface area (Å²) in [5, 5.41) is -4.17. The molecule has 2 fully saturated rings. The first-order valence-corrected chi connectivity index (χ1v) is 12.8. The van der Waals surface area contributed by atoms with Gasteiger partial charge in [-0.25, -0.2) is 9.59 Å². The molecule has 2 saturated carbocycles. The summed E-state index contributed by atoms with van der Waals surface area (Å²) in [4.78, 5) is 23.5. The number of allylic oxidation sites excluding steroid dienone is 4. The highest BCUT2D eigenvalue weighted by Gasteiger charge is 2.77. The van der Waals surface area contributed by atoms with E-state index in [0.29, 0.717) is 32.1 Å². The lowest BCUT2D eigenvalue weighted by atomic mass is 9.48. The zero-order valence-electron chi connectivity index (χ0n) is 20.8. The summed E-state index contributed by atoms with van der Waals surface area (Å²) in [5.41, 5.74) is -0.575. The molecule has 6 atom stereocenters. The zero-order valence-corrected chi connectivity index (χ0v) is 21.6. The van der Waals surface area contributed by atoms with Crippen molar-refractivity contribution in [1.29, 1.82) is 0 Å². The second-order valence-corrected chi connectivity index (χ2v) is 11.8. The van der Waals surface area contributed by atoms with Gasteiger partial charge in [-0.1, -0.05) is 19.9 Å². The summed E-state index contributed by atoms with van der Waals surface area (Å²) in [5.74, 6) is -17.6. The van der Waals surface area contributed by atoms with Crippen molar-refractivity contribution in [3.63, 3.8) is 0 Å². The van der Waals surface area contributed by atoms with Crippen molar-refractivity contribution in [2.45, 2.75) is 88.3 Å². The Morgan fingerprint density at radius 1 is 0.923 bits per heavy atom. The lowest BCUT2D eigenvalue weighted by molar-refractivity contribution is -0.349. The van der Waals surface area contributed by atoms with E-state index in [-0.39, 0.29) is 36.4 Å². The van der Waals surface area contributed by atoms with Crippen LogP contribution in [0.1, 0.15) is 58.8 Å². The third-order valence-corrected chi connectivity index (χ3v) is 9.51. The number of hydrogen-bond acceptors (Lipinski definition) is 4. The molecular weight excluding hydrogens is 571 g/mol. The van der Waals surface area contributed by atoms with Gasteiger partial charge in [0.15, 0.2) is 0 Å². The number of alkyl halides is 10. The molecule has 1 unspecified atom stereocenters. The Kier molecular flexibility index (Phi) is 7.17. The lowest BCUT2D eigenvalue weighted by Crippen LogP contribution is -2.58. The van der Waals surface area contributed by atoms with Crippen LogP contribution in [0.15, 0.2) is 23.5 Å². The van der Waals surface area contributed by atoms with Gasteiger partial charge in [0, 0.05) is 11.8 Å². The topological polar surface area (TPSA) is 52.6 Å². The molecule has 0 heterocycles. The van der Waals surface area contributed by atoms with Crippen LogP contribution in [-0.2, 0) is 19.1 Å². The Hall–Kier alpha value is -1.92. The first kappa shape index (κ1) is 30.0. The maximum absolute atomic E-state index is 13.9. The third kappa shape index (κ3) is 4.73. The highest BCUT2D eigenvalue weighted by atomic mass is 35.5. The van der Waals surface area contributed by atoms with E-state index < -0.39 is 52.3 Å². The predicted molar refractivity (Wildman–Crippen MR) is 118 cm³/mol. The minimum absolute atomic E-state index is 0.0315. The second-order valence-electron chi connectivity index (χ2n) is 11.3. The van der Waals surface area contributed by atoms with Crippen LogP contribution in [0.4, 0.5) is 39.5 Å². The fourth-order valence-electron chi connectivity index (χ4n) is 7.21. The molecular formula is C25H26ClF9O4. The van der Waals surface area contributed by atoms with Crippen LogP contribution in [0.3, 0.4) is 0 Å². The van der Waals surface area contributed by atoms with Crippen LogP contribution in [0, 0.1) is 28.6 Å². The van der Waals surface area contributed by atoms with E-state index in [0.717, 1.165) is 5.57 Å². The van der Waals surface area contributed by atoms with Crippen LogP contribution >= 0.6 is 11.6 Å². The maximum atomic E-state index is 13.9. The molecule has 4 nitrogen and oxygen atoms in total. The van der Waals surface area contributed by atoms with Gasteiger partial charge in [-0.2, -0.15) is 39.5 Å². The number of esters is 2. The van der Waals surface area contributed by atoms with Gasteiger partial charge in [-0.05, 0) is 84.9 Å². The molecule has 0 amide bonds. The SMILES string of the molecule is C[C@]12CCC(OC(=O)C(F)(F)Cl)=CC1=CC[C@@H]1[C@@H]2CC[C@]2(C)C(OC(=O)C(F)(F)C(F)(F)C(F)(F)F)CC[C@@H]12. The molecule has 220 valence electrons. The molecule has 14 heteroatoms. The lowest BCUT2D eigenvalue weighted by Gasteiger charge is -2.56. The largest absolute Gasteiger partial charge is 0.460 e. The normalized spacial score (nSPS) is 35.2. The van der Waals surface area contributed by atoms with Gasteiger partial charge >= 0.3 is 35.3 Å². The van der Waals surface area contributed by atoms with E-state index in [2.05, 4.69) is 0 Å². The molecule has 0 aromatic heterocycles. The van der Waals surface area contributed by atoms with E-state index in [1.807, 2.05) is 13.0 Å². The van der Waals surface area contributed by atoms with E-state index in [9.17, 15) is 49.1 Å². The molecule has 0 spiro atoms. The molecule has 0 aromatic rings. The quantitative estimate of drug-likeness (QED) is 0.187. The van der Waals surface area contributed by atoms with Crippen molar-refractivity contribution in [3.8, 4) is 0 Å². The van der Waals surface area contributed by atoms with E-state index >= 15 is 0 Å². The molecule has 39 heavy (non-hydrogen) atoms. The van der Waals surface area contributed by atoms with Crippen molar-refractivity contribution in [3.05, 3.63) is 23.5 Å². The predicted octanol–water partition coefficient (Wildman–Crippen LogP) is 7.56. The number of ether oxygens (including phenoxy) is 2. The minimum atomic E-state index is -6.64. The van der Waals surface area contributed by atoms with Crippen molar-refractivity contribution in [2.24, 2.45) is 28.6 Å². The molecule has 4 aliphatic rings. The van der Waals surface area contributed by atoms with Crippen LogP contribution in [-0.4, -0.2) is 41.4 Å². The van der Waals surface area contributed by atoms with Crippen LogP contribution < -0.4 is 0 Å². The van der Waals surface area contributed by atoms with Crippen molar-refractivity contribution in [2.75, 3.05) is 0 Å². The first-order valence-electron chi connectivity index (χ1n) is 12.4. The number of carbonyl (C=O) groups is 2. The summed E-state index contributed by atoms with van der Waals surface area (Å²) in [6.45, 7) is 3.65. The summed E-state index contributed by atoms with van der Waals surface area (Å²) in [6, 6.07) is 0. The molecule has 0 radical (unpaired) electrons. The smallest absolute Gasteiger partial charge is 0.457 e.